The zero-order chi connectivity index (χ0) is 14.7. The third kappa shape index (κ3) is 2.85. The Morgan fingerprint density at radius 1 is 1.40 bits per heavy atom. The number of esters is 1. The van der Waals surface area contributed by atoms with Crippen molar-refractivity contribution >= 4 is 28.2 Å². The first-order valence-electron chi connectivity index (χ1n) is 6.95. The molecule has 2 rings (SSSR count). The van der Waals surface area contributed by atoms with Gasteiger partial charge in [0.25, 0.3) is 0 Å². The van der Waals surface area contributed by atoms with Gasteiger partial charge < -0.3 is 9.64 Å². The predicted octanol–water partition coefficient (Wildman–Crippen LogP) is 2.90. The maximum absolute atomic E-state index is 11.7. The van der Waals surface area contributed by atoms with E-state index in [9.17, 15) is 9.59 Å². The van der Waals surface area contributed by atoms with Gasteiger partial charge >= 0.3 is 5.97 Å². The molecule has 20 heavy (non-hydrogen) atoms. The fourth-order valence-electron chi connectivity index (χ4n) is 2.67. The van der Waals surface area contributed by atoms with E-state index in [0.717, 1.165) is 24.5 Å². The maximum atomic E-state index is 11.7. The van der Waals surface area contributed by atoms with E-state index in [-0.39, 0.29) is 11.5 Å². The van der Waals surface area contributed by atoms with Crippen LogP contribution in [0.5, 0.6) is 0 Å². The Hall–Kier alpha value is -1.43. The maximum Gasteiger partial charge on any atom is 0.358 e. The van der Waals surface area contributed by atoms with Gasteiger partial charge in [0.1, 0.15) is 4.88 Å². The van der Waals surface area contributed by atoms with Crippen LogP contribution in [0.1, 0.15) is 59.7 Å². The molecule has 5 nitrogen and oxygen atoms in total. The van der Waals surface area contributed by atoms with Gasteiger partial charge in [-0.2, -0.15) is 0 Å². The van der Waals surface area contributed by atoms with Crippen molar-refractivity contribution in [3.8, 4) is 0 Å². The minimum atomic E-state index is -0.542. The number of thiazole rings is 1. The lowest BCUT2D eigenvalue weighted by Crippen LogP contribution is -2.32. The first-order valence-corrected chi connectivity index (χ1v) is 7.76. The molecular formula is C14H20N2O3S. The van der Waals surface area contributed by atoms with Crippen LogP contribution in [0.4, 0.5) is 5.13 Å². The van der Waals surface area contributed by atoms with Gasteiger partial charge in [0, 0.05) is 19.5 Å². The SMILES string of the molecule is CCN(c1nc(C(=O)OC)c(C(C)=O)s1)C1CCCC1. The minimum Gasteiger partial charge on any atom is -0.464 e. The lowest BCUT2D eigenvalue weighted by molar-refractivity contribution is 0.0591. The monoisotopic (exact) mass is 296 g/mol. The molecule has 0 aromatic carbocycles. The summed E-state index contributed by atoms with van der Waals surface area (Å²) in [6.45, 7) is 4.36. The zero-order valence-electron chi connectivity index (χ0n) is 12.1. The summed E-state index contributed by atoms with van der Waals surface area (Å²) in [5.74, 6) is -0.684. The summed E-state index contributed by atoms with van der Waals surface area (Å²) < 4.78 is 4.71. The van der Waals surface area contributed by atoms with Gasteiger partial charge in [-0.3, -0.25) is 4.79 Å². The molecule has 6 heteroatoms. The fourth-order valence-corrected chi connectivity index (χ4v) is 3.76. The number of anilines is 1. The quantitative estimate of drug-likeness (QED) is 0.617. The Kier molecular flexibility index (Phi) is 4.75. The molecule has 0 unspecified atom stereocenters. The standard InChI is InChI=1S/C14H20N2O3S/c1-4-16(10-7-5-6-8-10)14-15-11(13(18)19-3)12(20-14)9(2)17/h10H,4-8H2,1-3H3. The first-order chi connectivity index (χ1) is 9.58. The van der Waals surface area contributed by atoms with Gasteiger partial charge in [-0.25, -0.2) is 9.78 Å². The molecule has 0 radical (unpaired) electrons. The zero-order valence-corrected chi connectivity index (χ0v) is 13.0. The summed E-state index contributed by atoms with van der Waals surface area (Å²) in [6.07, 6.45) is 4.76. The number of carbonyl (C=O) groups is 2. The molecule has 0 bridgehead atoms. The predicted molar refractivity (Wildman–Crippen MR) is 78.7 cm³/mol. The number of ether oxygens (including phenoxy) is 1. The molecule has 1 fully saturated rings. The third-order valence-corrected chi connectivity index (χ3v) is 4.86. The Morgan fingerprint density at radius 3 is 2.55 bits per heavy atom. The molecule has 0 saturated heterocycles. The molecule has 1 aliphatic carbocycles. The van der Waals surface area contributed by atoms with Crippen LogP contribution < -0.4 is 4.90 Å². The number of Topliss-reactive ketones (excluding diaryl/α,β-unsaturated/α-hetero) is 1. The van der Waals surface area contributed by atoms with Crippen molar-refractivity contribution in [2.45, 2.75) is 45.6 Å². The summed E-state index contributed by atoms with van der Waals surface area (Å²) in [6, 6.07) is 0.469. The summed E-state index contributed by atoms with van der Waals surface area (Å²) in [5.41, 5.74) is 0.149. The highest BCUT2D eigenvalue weighted by atomic mass is 32.1. The van der Waals surface area contributed by atoms with Gasteiger partial charge in [-0.1, -0.05) is 24.2 Å². The van der Waals surface area contributed by atoms with Crippen LogP contribution in [0.2, 0.25) is 0 Å². The van der Waals surface area contributed by atoms with E-state index in [4.69, 9.17) is 4.74 Å². The number of aromatic nitrogens is 1. The van der Waals surface area contributed by atoms with Gasteiger partial charge in [0.2, 0.25) is 0 Å². The van der Waals surface area contributed by atoms with E-state index in [0.29, 0.717) is 10.9 Å². The van der Waals surface area contributed by atoms with E-state index < -0.39 is 5.97 Å². The highest BCUT2D eigenvalue weighted by Crippen LogP contribution is 2.33. The molecular weight excluding hydrogens is 276 g/mol. The fraction of sp³-hybridized carbons (Fsp3) is 0.643. The Bertz CT molecular complexity index is 507. The summed E-state index contributed by atoms with van der Waals surface area (Å²) >= 11 is 1.30. The topological polar surface area (TPSA) is 59.5 Å². The molecule has 1 heterocycles. The van der Waals surface area contributed by atoms with Crippen LogP contribution in [0.25, 0.3) is 0 Å². The molecule has 1 saturated carbocycles. The second-order valence-electron chi connectivity index (χ2n) is 4.95. The van der Waals surface area contributed by atoms with E-state index in [2.05, 4.69) is 16.8 Å². The van der Waals surface area contributed by atoms with Crippen molar-refractivity contribution in [1.82, 2.24) is 4.98 Å². The summed E-state index contributed by atoms with van der Waals surface area (Å²) in [7, 11) is 1.31. The van der Waals surface area contributed by atoms with Gasteiger partial charge in [-0.15, -0.1) is 0 Å². The van der Waals surface area contributed by atoms with Crippen LogP contribution in [0.15, 0.2) is 0 Å². The molecule has 0 amide bonds. The van der Waals surface area contributed by atoms with Gasteiger partial charge in [0.05, 0.1) is 7.11 Å². The van der Waals surface area contributed by atoms with Crippen molar-refractivity contribution < 1.29 is 14.3 Å². The van der Waals surface area contributed by atoms with Gasteiger partial charge in [0.15, 0.2) is 16.6 Å². The van der Waals surface area contributed by atoms with Crippen molar-refractivity contribution in [2.75, 3.05) is 18.6 Å². The molecule has 0 spiro atoms. The second kappa shape index (κ2) is 6.35. The van der Waals surface area contributed by atoms with Crippen molar-refractivity contribution in [1.29, 1.82) is 0 Å². The largest absolute Gasteiger partial charge is 0.464 e. The van der Waals surface area contributed by atoms with E-state index in [1.807, 2.05) is 0 Å². The molecule has 0 aliphatic heterocycles. The molecule has 1 aromatic heterocycles. The smallest absolute Gasteiger partial charge is 0.358 e. The average Bonchev–Trinajstić information content (AvgIpc) is 3.08. The Morgan fingerprint density at radius 2 is 2.05 bits per heavy atom. The molecule has 0 atom stereocenters. The van der Waals surface area contributed by atoms with E-state index in [1.165, 1.54) is 38.2 Å². The van der Waals surface area contributed by atoms with E-state index in [1.54, 1.807) is 0 Å². The summed E-state index contributed by atoms with van der Waals surface area (Å²) in [5, 5.41) is 0.755. The minimum absolute atomic E-state index is 0.142. The lowest BCUT2D eigenvalue weighted by atomic mass is 10.2. The number of rotatable bonds is 5. The first kappa shape index (κ1) is 15.0. The van der Waals surface area contributed by atoms with Crippen molar-refractivity contribution in [3.63, 3.8) is 0 Å². The van der Waals surface area contributed by atoms with Crippen LogP contribution in [0, 0.1) is 0 Å². The average molecular weight is 296 g/mol. The van der Waals surface area contributed by atoms with Gasteiger partial charge in [-0.05, 0) is 19.8 Å². The third-order valence-electron chi connectivity index (χ3n) is 3.67. The normalized spacial score (nSPS) is 15.3. The number of hydrogen-bond donors (Lipinski definition) is 0. The number of nitrogens with zero attached hydrogens (tertiary/aromatic N) is 2. The van der Waals surface area contributed by atoms with E-state index >= 15 is 0 Å². The number of methoxy groups -OCH3 is 1. The molecule has 1 aliphatic rings. The van der Waals surface area contributed by atoms with Crippen LogP contribution >= 0.6 is 11.3 Å². The molecule has 1 aromatic rings. The Balaban J connectivity index is 2.35. The second-order valence-corrected chi connectivity index (χ2v) is 5.92. The lowest BCUT2D eigenvalue weighted by Gasteiger charge is -2.26. The highest BCUT2D eigenvalue weighted by Gasteiger charge is 2.28. The van der Waals surface area contributed by atoms with Crippen LogP contribution in [0.3, 0.4) is 0 Å². The molecule has 0 N–H and O–H groups in total. The molecule has 110 valence electrons. The Labute approximate surface area is 122 Å². The number of ketones is 1. The van der Waals surface area contributed by atoms with Crippen molar-refractivity contribution in [2.24, 2.45) is 0 Å². The van der Waals surface area contributed by atoms with Crippen LogP contribution in [-0.4, -0.2) is 36.4 Å². The van der Waals surface area contributed by atoms with Crippen molar-refractivity contribution in [3.05, 3.63) is 10.6 Å². The van der Waals surface area contributed by atoms with Crippen LogP contribution in [-0.2, 0) is 4.74 Å². The highest BCUT2D eigenvalue weighted by molar-refractivity contribution is 7.17. The number of carbonyl (C=O) groups excluding carboxylic acids is 2. The number of hydrogen-bond acceptors (Lipinski definition) is 6. The summed E-state index contributed by atoms with van der Waals surface area (Å²) in [4.78, 5) is 30.4.